The van der Waals surface area contributed by atoms with Gasteiger partial charge in [-0.05, 0) is 12.1 Å². The smallest absolute Gasteiger partial charge is 0.243 e. The first-order valence-corrected chi connectivity index (χ1v) is 5.88. The summed E-state index contributed by atoms with van der Waals surface area (Å²) in [4.78, 5) is 19.6. The molecule has 1 aromatic heterocycles. The minimum absolute atomic E-state index is 0.0887. The molecule has 1 aromatic carbocycles. The second-order valence-electron chi connectivity index (χ2n) is 3.49. The van der Waals surface area contributed by atoms with Gasteiger partial charge in [-0.15, -0.1) is 0 Å². The van der Waals surface area contributed by atoms with Crippen molar-refractivity contribution in [3.8, 4) is 5.88 Å². The van der Waals surface area contributed by atoms with E-state index in [9.17, 15) is 13.6 Å². The van der Waals surface area contributed by atoms with Gasteiger partial charge in [0.05, 0.1) is 12.7 Å². The predicted molar refractivity (Wildman–Crippen MR) is 66.1 cm³/mol. The number of carbonyl (C=O) groups is 1. The van der Waals surface area contributed by atoms with Gasteiger partial charge in [-0.3, -0.25) is 4.79 Å². The van der Waals surface area contributed by atoms with Crippen LogP contribution in [0.15, 0.2) is 29.0 Å². The molecule has 2 rings (SSSR count). The maximum Gasteiger partial charge on any atom is 0.243 e. The van der Waals surface area contributed by atoms with E-state index >= 15 is 0 Å². The second kappa shape index (κ2) is 5.40. The summed E-state index contributed by atoms with van der Waals surface area (Å²) in [5, 5.41) is 0. The summed E-state index contributed by atoms with van der Waals surface area (Å²) in [6.45, 7) is 0. The monoisotopic (exact) mass is 328 g/mol. The number of rotatable bonds is 3. The van der Waals surface area contributed by atoms with E-state index in [4.69, 9.17) is 4.74 Å². The van der Waals surface area contributed by atoms with Crippen LogP contribution in [-0.4, -0.2) is 22.9 Å². The number of hydrogen-bond donors (Lipinski definition) is 0. The molecule has 2 aromatic rings. The van der Waals surface area contributed by atoms with Crippen LogP contribution in [0.3, 0.4) is 0 Å². The minimum Gasteiger partial charge on any atom is -0.479 e. The third-order valence-electron chi connectivity index (χ3n) is 2.31. The van der Waals surface area contributed by atoms with Crippen molar-refractivity contribution in [1.29, 1.82) is 0 Å². The Kier molecular flexibility index (Phi) is 3.84. The molecule has 1 heterocycles. The molecule has 98 valence electrons. The Morgan fingerprint density at radius 1 is 1.21 bits per heavy atom. The molecule has 0 atom stereocenters. The number of ketones is 1. The Bertz CT molecular complexity index is 626. The van der Waals surface area contributed by atoms with Gasteiger partial charge in [0.15, 0.2) is 5.69 Å². The fraction of sp³-hybridized carbons (Fsp3) is 0.0833. The van der Waals surface area contributed by atoms with Crippen LogP contribution in [-0.2, 0) is 0 Å². The molecule has 7 heteroatoms. The lowest BCUT2D eigenvalue weighted by atomic mass is 10.1. The second-order valence-corrected chi connectivity index (χ2v) is 4.40. The molecular weight excluding hydrogens is 322 g/mol. The van der Waals surface area contributed by atoms with Crippen molar-refractivity contribution >= 4 is 21.7 Å². The zero-order chi connectivity index (χ0) is 14.0. The van der Waals surface area contributed by atoms with Gasteiger partial charge < -0.3 is 4.74 Å². The van der Waals surface area contributed by atoms with Gasteiger partial charge in [0, 0.05) is 16.9 Å². The SMILES string of the molecule is COc1nccnc1C(=O)c1c(F)cc(Br)cc1F. The molecule has 0 saturated heterocycles. The van der Waals surface area contributed by atoms with E-state index in [1.165, 1.54) is 19.5 Å². The average Bonchev–Trinajstić information content (AvgIpc) is 2.37. The van der Waals surface area contributed by atoms with Gasteiger partial charge in [-0.1, -0.05) is 15.9 Å². The number of ether oxygens (including phenoxy) is 1. The third kappa shape index (κ3) is 2.60. The summed E-state index contributed by atoms with van der Waals surface area (Å²) in [6.07, 6.45) is 2.55. The Balaban J connectivity index is 2.57. The Labute approximate surface area is 115 Å². The van der Waals surface area contributed by atoms with Crippen molar-refractivity contribution in [3.05, 3.63) is 51.9 Å². The highest BCUT2D eigenvalue weighted by molar-refractivity contribution is 9.10. The average molecular weight is 329 g/mol. The standard InChI is InChI=1S/C12H7BrF2N2O2/c1-19-12-10(16-2-3-17-12)11(18)9-7(14)4-6(13)5-8(9)15/h2-5H,1H3. The first kappa shape index (κ1) is 13.5. The highest BCUT2D eigenvalue weighted by Crippen LogP contribution is 2.23. The number of benzene rings is 1. The van der Waals surface area contributed by atoms with Crippen molar-refractivity contribution in [2.45, 2.75) is 0 Å². The van der Waals surface area contributed by atoms with E-state index in [-0.39, 0.29) is 16.0 Å². The number of hydrogen-bond acceptors (Lipinski definition) is 4. The molecule has 0 spiro atoms. The number of methoxy groups -OCH3 is 1. The van der Waals surface area contributed by atoms with Crippen molar-refractivity contribution in [2.24, 2.45) is 0 Å². The van der Waals surface area contributed by atoms with E-state index < -0.39 is 23.0 Å². The van der Waals surface area contributed by atoms with Crippen LogP contribution >= 0.6 is 15.9 Å². The zero-order valence-corrected chi connectivity index (χ0v) is 11.2. The summed E-state index contributed by atoms with van der Waals surface area (Å²) >= 11 is 2.94. The normalized spacial score (nSPS) is 10.3. The molecule has 4 nitrogen and oxygen atoms in total. The Morgan fingerprint density at radius 3 is 2.37 bits per heavy atom. The van der Waals surface area contributed by atoms with E-state index in [1.807, 2.05) is 0 Å². The third-order valence-corrected chi connectivity index (χ3v) is 2.76. The lowest BCUT2D eigenvalue weighted by molar-refractivity contribution is 0.102. The molecule has 0 saturated carbocycles. The van der Waals surface area contributed by atoms with E-state index in [1.54, 1.807) is 0 Å². The van der Waals surface area contributed by atoms with Gasteiger partial charge >= 0.3 is 0 Å². The number of nitrogens with zero attached hydrogens (tertiary/aromatic N) is 2. The van der Waals surface area contributed by atoms with Crippen molar-refractivity contribution < 1.29 is 18.3 Å². The van der Waals surface area contributed by atoms with Gasteiger partial charge in [-0.25, -0.2) is 18.7 Å². The van der Waals surface area contributed by atoms with Crippen LogP contribution in [0, 0.1) is 11.6 Å². The maximum atomic E-state index is 13.7. The molecule has 0 bridgehead atoms. The minimum atomic E-state index is -0.982. The van der Waals surface area contributed by atoms with Crippen LogP contribution in [0.5, 0.6) is 5.88 Å². The first-order chi connectivity index (χ1) is 9.04. The highest BCUT2D eigenvalue weighted by atomic mass is 79.9. The van der Waals surface area contributed by atoms with Crippen molar-refractivity contribution in [2.75, 3.05) is 7.11 Å². The molecule has 0 unspecified atom stereocenters. The van der Waals surface area contributed by atoms with E-state index in [0.29, 0.717) is 0 Å². The summed E-state index contributed by atoms with van der Waals surface area (Å²) < 4.78 is 32.4. The molecule has 19 heavy (non-hydrogen) atoms. The molecule has 0 aliphatic rings. The molecule has 0 fully saturated rings. The first-order valence-electron chi connectivity index (χ1n) is 5.09. The van der Waals surface area contributed by atoms with Gasteiger partial charge in [-0.2, -0.15) is 0 Å². The fourth-order valence-electron chi connectivity index (χ4n) is 1.51. The maximum absolute atomic E-state index is 13.7. The van der Waals surface area contributed by atoms with Gasteiger partial charge in [0.1, 0.15) is 11.6 Å². The lowest BCUT2D eigenvalue weighted by Gasteiger charge is -2.07. The van der Waals surface area contributed by atoms with Crippen LogP contribution in [0.1, 0.15) is 16.1 Å². The van der Waals surface area contributed by atoms with Crippen molar-refractivity contribution in [3.63, 3.8) is 0 Å². The van der Waals surface area contributed by atoms with Gasteiger partial charge in [0.25, 0.3) is 0 Å². The lowest BCUT2D eigenvalue weighted by Crippen LogP contribution is -2.11. The summed E-state index contributed by atoms with van der Waals surface area (Å²) in [7, 11) is 1.29. The van der Waals surface area contributed by atoms with Crippen LogP contribution < -0.4 is 4.74 Å². The largest absolute Gasteiger partial charge is 0.479 e. The molecule has 0 radical (unpaired) electrons. The fourth-order valence-corrected chi connectivity index (χ4v) is 1.91. The number of aromatic nitrogens is 2. The quantitative estimate of drug-likeness (QED) is 0.813. The Hall–Kier alpha value is -1.89. The molecule has 0 amide bonds. The van der Waals surface area contributed by atoms with Crippen LogP contribution in [0.4, 0.5) is 8.78 Å². The van der Waals surface area contributed by atoms with E-state index in [2.05, 4.69) is 25.9 Å². The van der Waals surface area contributed by atoms with Crippen LogP contribution in [0.2, 0.25) is 0 Å². The molecule has 0 aliphatic carbocycles. The topological polar surface area (TPSA) is 52.1 Å². The molecular formula is C12H7BrF2N2O2. The van der Waals surface area contributed by atoms with Crippen LogP contribution in [0.25, 0.3) is 0 Å². The number of carbonyl (C=O) groups excluding carboxylic acids is 1. The molecule has 0 N–H and O–H groups in total. The summed E-state index contributed by atoms with van der Waals surface area (Å²) in [5.41, 5.74) is -0.938. The zero-order valence-electron chi connectivity index (χ0n) is 9.65. The summed E-state index contributed by atoms with van der Waals surface area (Å²) in [6, 6.07) is 2.00. The predicted octanol–water partition coefficient (Wildman–Crippen LogP) is 2.76. The molecule has 0 aliphatic heterocycles. The number of halogens is 3. The van der Waals surface area contributed by atoms with Crippen molar-refractivity contribution in [1.82, 2.24) is 9.97 Å². The Morgan fingerprint density at radius 2 is 1.79 bits per heavy atom. The van der Waals surface area contributed by atoms with E-state index in [0.717, 1.165) is 12.1 Å². The van der Waals surface area contributed by atoms with Gasteiger partial charge in [0.2, 0.25) is 11.7 Å². The highest BCUT2D eigenvalue weighted by Gasteiger charge is 2.24. The summed E-state index contributed by atoms with van der Waals surface area (Å²) in [5.74, 6) is -2.98.